The summed E-state index contributed by atoms with van der Waals surface area (Å²) in [6, 6.07) is 9.95. The van der Waals surface area contributed by atoms with Crippen molar-refractivity contribution in [1.29, 1.82) is 0 Å². The Bertz CT molecular complexity index is 784. The zero-order chi connectivity index (χ0) is 21.9. The number of amides is 2. The predicted molar refractivity (Wildman–Crippen MR) is 115 cm³/mol. The van der Waals surface area contributed by atoms with Gasteiger partial charge in [0.2, 0.25) is 5.91 Å². The molecule has 2 heterocycles. The maximum absolute atomic E-state index is 13.1. The van der Waals surface area contributed by atoms with Gasteiger partial charge in [0, 0.05) is 19.6 Å². The van der Waals surface area contributed by atoms with Crippen LogP contribution in [0.3, 0.4) is 0 Å². The van der Waals surface area contributed by atoms with Gasteiger partial charge in [0.05, 0.1) is 16.5 Å². The monoisotopic (exact) mass is 434 g/mol. The van der Waals surface area contributed by atoms with Crippen LogP contribution in [0.2, 0.25) is 0 Å². The van der Waals surface area contributed by atoms with Crippen LogP contribution in [-0.4, -0.2) is 68.2 Å². The number of benzene rings is 1. The van der Waals surface area contributed by atoms with E-state index in [-0.39, 0.29) is 18.4 Å². The number of rotatable bonds is 5. The number of carbonyl (C=O) groups is 3. The van der Waals surface area contributed by atoms with Gasteiger partial charge in [0.1, 0.15) is 5.60 Å². The van der Waals surface area contributed by atoms with E-state index in [9.17, 15) is 19.5 Å². The molecule has 1 aromatic carbocycles. The number of aliphatic carboxylic acids is 1. The lowest BCUT2D eigenvalue weighted by Gasteiger charge is -2.44. The molecule has 2 aliphatic heterocycles. The largest absolute Gasteiger partial charge is 0.481 e. The van der Waals surface area contributed by atoms with Gasteiger partial charge in [0.25, 0.3) is 0 Å². The minimum atomic E-state index is -0.966. The lowest BCUT2D eigenvalue weighted by Crippen LogP contribution is -2.54. The van der Waals surface area contributed by atoms with Crippen molar-refractivity contribution in [2.75, 3.05) is 19.6 Å². The summed E-state index contributed by atoms with van der Waals surface area (Å²) in [5, 5.41) is 8.66. The first kappa shape index (κ1) is 22.5. The summed E-state index contributed by atoms with van der Waals surface area (Å²) in [5.74, 6) is -1.07. The molecule has 2 saturated heterocycles. The summed E-state index contributed by atoms with van der Waals surface area (Å²) in [7, 11) is 0. The minimum absolute atomic E-state index is 0.107. The third kappa shape index (κ3) is 5.28. The van der Waals surface area contributed by atoms with E-state index < -0.39 is 21.7 Å². The van der Waals surface area contributed by atoms with Gasteiger partial charge in [-0.15, -0.1) is 11.8 Å². The first-order chi connectivity index (χ1) is 14.1. The minimum Gasteiger partial charge on any atom is -0.481 e. The molecule has 0 aromatic heterocycles. The summed E-state index contributed by atoms with van der Waals surface area (Å²) in [5.41, 5.74) is 0.580. The highest BCUT2D eigenvalue weighted by Crippen LogP contribution is 2.49. The second-order valence-corrected chi connectivity index (χ2v) is 10.4. The average Bonchev–Trinajstić information content (AvgIpc) is 2.90. The zero-order valence-corrected chi connectivity index (χ0v) is 18.6. The van der Waals surface area contributed by atoms with Crippen molar-refractivity contribution in [2.45, 2.75) is 62.2 Å². The molecule has 8 heteroatoms. The molecule has 0 aliphatic carbocycles. The molecule has 2 fully saturated rings. The van der Waals surface area contributed by atoms with Crippen molar-refractivity contribution >= 4 is 29.7 Å². The number of likely N-dealkylation sites (tertiary alicyclic amines) is 1. The number of hydrogen-bond acceptors (Lipinski definition) is 5. The highest BCUT2D eigenvalue weighted by Gasteiger charge is 2.53. The molecule has 30 heavy (non-hydrogen) atoms. The van der Waals surface area contributed by atoms with Crippen LogP contribution >= 0.6 is 11.8 Å². The lowest BCUT2D eigenvalue weighted by atomic mass is 10.0. The van der Waals surface area contributed by atoms with Crippen molar-refractivity contribution in [3.63, 3.8) is 0 Å². The highest BCUT2D eigenvalue weighted by molar-refractivity contribution is 8.02. The van der Waals surface area contributed by atoms with Gasteiger partial charge in [-0.3, -0.25) is 9.59 Å². The van der Waals surface area contributed by atoms with E-state index in [0.717, 1.165) is 5.56 Å². The number of carboxylic acid groups (broad SMARTS) is 1. The van der Waals surface area contributed by atoms with E-state index in [0.29, 0.717) is 38.9 Å². The molecule has 7 nitrogen and oxygen atoms in total. The van der Waals surface area contributed by atoms with Gasteiger partial charge in [-0.25, -0.2) is 4.79 Å². The molecular formula is C22H30N2O5S. The first-order valence-electron chi connectivity index (χ1n) is 10.3. The van der Waals surface area contributed by atoms with E-state index in [4.69, 9.17) is 4.74 Å². The summed E-state index contributed by atoms with van der Waals surface area (Å²) in [6.45, 7) is 7.02. The molecular weight excluding hydrogens is 404 g/mol. The summed E-state index contributed by atoms with van der Waals surface area (Å²) in [4.78, 5) is 39.9. The normalized spacial score (nSPS) is 21.2. The Morgan fingerprint density at radius 1 is 1.20 bits per heavy atom. The Balaban J connectivity index is 1.72. The summed E-state index contributed by atoms with van der Waals surface area (Å²) >= 11 is 1.46. The van der Waals surface area contributed by atoms with Crippen molar-refractivity contribution in [3.05, 3.63) is 35.9 Å². The number of thioether (sulfide) groups is 1. The fourth-order valence-corrected chi connectivity index (χ4v) is 5.70. The van der Waals surface area contributed by atoms with Gasteiger partial charge >= 0.3 is 12.1 Å². The molecule has 1 N–H and O–H groups in total. The van der Waals surface area contributed by atoms with Crippen LogP contribution in [0.5, 0.6) is 0 Å². The number of nitrogens with zero attached hydrogens (tertiary/aromatic N) is 2. The Labute approximate surface area is 181 Å². The SMILES string of the molecule is CC(C)(C)OC(=O)N1CCC2(CC1)SC(CC(=O)O)C(=O)N2CCc1ccccc1. The topological polar surface area (TPSA) is 87.1 Å². The lowest BCUT2D eigenvalue weighted by molar-refractivity contribution is -0.141. The molecule has 0 radical (unpaired) electrons. The predicted octanol–water partition coefficient (Wildman–Crippen LogP) is 3.38. The summed E-state index contributed by atoms with van der Waals surface area (Å²) < 4.78 is 5.48. The molecule has 164 valence electrons. The number of carboxylic acids is 1. The molecule has 0 bridgehead atoms. The zero-order valence-electron chi connectivity index (χ0n) is 17.8. The number of piperidine rings is 1. The number of ether oxygens (including phenoxy) is 1. The Hall–Kier alpha value is -2.22. The van der Waals surface area contributed by atoms with E-state index >= 15 is 0 Å². The third-order valence-corrected chi connectivity index (χ3v) is 7.14. The summed E-state index contributed by atoms with van der Waals surface area (Å²) in [6.07, 6.45) is 1.40. The first-order valence-corrected chi connectivity index (χ1v) is 11.2. The fourth-order valence-electron chi connectivity index (χ4n) is 3.99. The van der Waals surface area contributed by atoms with Crippen LogP contribution in [-0.2, 0) is 20.7 Å². The van der Waals surface area contributed by atoms with E-state index in [1.807, 2.05) is 56.0 Å². The Morgan fingerprint density at radius 2 is 1.83 bits per heavy atom. The standard InChI is InChI=1S/C22H30N2O5S/c1-21(2,3)29-20(28)23-13-10-22(11-14-23)24(12-9-16-7-5-4-6-8-16)19(27)17(30-22)15-18(25)26/h4-8,17H,9-15H2,1-3H3,(H,25,26). The van der Waals surface area contributed by atoms with Gasteiger partial charge in [-0.05, 0) is 45.6 Å². The molecule has 1 atom stereocenters. The van der Waals surface area contributed by atoms with Crippen molar-refractivity contribution < 1.29 is 24.2 Å². The number of carbonyl (C=O) groups excluding carboxylic acids is 2. The van der Waals surface area contributed by atoms with Gasteiger partial charge in [-0.1, -0.05) is 30.3 Å². The third-order valence-electron chi connectivity index (χ3n) is 5.42. The molecule has 2 aliphatic rings. The van der Waals surface area contributed by atoms with Gasteiger partial charge < -0.3 is 19.6 Å². The Morgan fingerprint density at radius 3 is 2.40 bits per heavy atom. The van der Waals surface area contributed by atoms with Gasteiger partial charge in [-0.2, -0.15) is 0 Å². The van der Waals surface area contributed by atoms with Crippen molar-refractivity contribution in [3.8, 4) is 0 Å². The van der Waals surface area contributed by atoms with Gasteiger partial charge in [0.15, 0.2) is 0 Å². The Kier molecular flexibility index (Phi) is 6.65. The molecule has 1 aromatic rings. The number of hydrogen-bond donors (Lipinski definition) is 1. The molecule has 1 spiro atoms. The van der Waals surface area contributed by atoms with E-state index in [1.54, 1.807) is 4.90 Å². The van der Waals surface area contributed by atoms with Crippen LogP contribution in [0.1, 0.15) is 45.6 Å². The molecule has 2 amide bonds. The molecule has 3 rings (SSSR count). The van der Waals surface area contributed by atoms with E-state index in [2.05, 4.69) is 0 Å². The fraction of sp³-hybridized carbons (Fsp3) is 0.591. The molecule has 1 unspecified atom stereocenters. The molecule has 0 saturated carbocycles. The van der Waals surface area contributed by atoms with Crippen molar-refractivity contribution in [2.24, 2.45) is 0 Å². The maximum Gasteiger partial charge on any atom is 0.410 e. The van der Waals surface area contributed by atoms with Crippen LogP contribution < -0.4 is 0 Å². The van der Waals surface area contributed by atoms with Crippen LogP contribution in [0, 0.1) is 0 Å². The average molecular weight is 435 g/mol. The maximum atomic E-state index is 13.1. The van der Waals surface area contributed by atoms with Crippen LogP contribution in [0.15, 0.2) is 30.3 Å². The second-order valence-electron chi connectivity index (χ2n) is 8.84. The smallest absolute Gasteiger partial charge is 0.410 e. The van der Waals surface area contributed by atoms with Crippen LogP contribution in [0.25, 0.3) is 0 Å². The van der Waals surface area contributed by atoms with E-state index in [1.165, 1.54) is 11.8 Å². The highest BCUT2D eigenvalue weighted by atomic mass is 32.2. The quantitative estimate of drug-likeness (QED) is 0.765. The van der Waals surface area contributed by atoms with Crippen LogP contribution in [0.4, 0.5) is 4.79 Å². The van der Waals surface area contributed by atoms with Crippen molar-refractivity contribution in [1.82, 2.24) is 9.80 Å². The second kappa shape index (κ2) is 8.88.